The van der Waals surface area contributed by atoms with Crippen LogP contribution in [0.4, 0.5) is 10.1 Å². The van der Waals surface area contributed by atoms with Crippen molar-refractivity contribution in [1.29, 1.82) is 5.26 Å². The van der Waals surface area contributed by atoms with Gasteiger partial charge in [0.25, 0.3) is 11.3 Å². The number of rotatable bonds is 6. The van der Waals surface area contributed by atoms with E-state index in [0.29, 0.717) is 5.56 Å². The highest BCUT2D eigenvalue weighted by Crippen LogP contribution is 2.22. The Morgan fingerprint density at radius 1 is 1.26 bits per heavy atom. The maximum atomic E-state index is 13.2. The summed E-state index contributed by atoms with van der Waals surface area (Å²) in [5.74, 6) is -0.809. The quantitative estimate of drug-likeness (QED) is 0.651. The summed E-state index contributed by atoms with van der Waals surface area (Å²) < 4.78 is 35.1. The maximum Gasteiger partial charge on any atom is 0.261 e. The van der Waals surface area contributed by atoms with Gasteiger partial charge < -0.3 is 0 Å². The highest BCUT2D eigenvalue weighted by Gasteiger charge is 2.18. The third-order valence-corrected chi connectivity index (χ3v) is 3.93. The van der Waals surface area contributed by atoms with E-state index in [9.17, 15) is 17.9 Å². The molecule has 0 amide bonds. The van der Waals surface area contributed by atoms with E-state index >= 15 is 0 Å². The minimum Gasteiger partial charge on any atom is -0.294 e. The van der Waals surface area contributed by atoms with Crippen LogP contribution in [-0.4, -0.2) is 21.1 Å². The van der Waals surface area contributed by atoms with Gasteiger partial charge >= 0.3 is 0 Å². The van der Waals surface area contributed by atoms with Gasteiger partial charge in [-0.2, -0.15) is 5.26 Å². The molecule has 1 N–H and O–H groups in total. The van der Waals surface area contributed by atoms with Crippen molar-refractivity contribution in [1.82, 2.24) is 0 Å². The normalized spacial score (nSPS) is 11.5. The van der Waals surface area contributed by atoms with Gasteiger partial charge in [0.05, 0.1) is 11.3 Å². The smallest absolute Gasteiger partial charge is 0.261 e. The predicted molar refractivity (Wildman–Crippen MR) is 84.6 cm³/mol. The Hall–Kier alpha value is -2.56. The standard InChI is InChI=1S/C16H13FN2O3S/c17-14-6-7-15(13(10-14)11-18)19(23(21)22)9-8-16(20)12-4-2-1-3-5-12/h1-7,10H,8-9H2,(H,21,22). The van der Waals surface area contributed by atoms with Crippen LogP contribution in [0.5, 0.6) is 0 Å². The number of Topliss-reactive ketones (excluding diaryl/α,β-unsaturated/α-hetero) is 1. The van der Waals surface area contributed by atoms with Gasteiger partial charge in [0.15, 0.2) is 5.78 Å². The highest BCUT2D eigenvalue weighted by molar-refractivity contribution is 7.80. The summed E-state index contributed by atoms with van der Waals surface area (Å²) >= 11 is -2.44. The molecular weight excluding hydrogens is 319 g/mol. The lowest BCUT2D eigenvalue weighted by molar-refractivity contribution is 0.0985. The Kier molecular flexibility index (Phi) is 5.57. The first kappa shape index (κ1) is 16.8. The van der Waals surface area contributed by atoms with Crippen LogP contribution in [0.1, 0.15) is 22.3 Å². The Morgan fingerprint density at radius 2 is 1.96 bits per heavy atom. The van der Waals surface area contributed by atoms with Crippen molar-refractivity contribution < 1.29 is 17.9 Å². The van der Waals surface area contributed by atoms with E-state index in [0.717, 1.165) is 16.4 Å². The number of nitriles is 1. The molecule has 2 aromatic carbocycles. The lowest BCUT2D eigenvalue weighted by Gasteiger charge is -2.20. The number of hydrogen-bond donors (Lipinski definition) is 1. The first-order valence-electron chi connectivity index (χ1n) is 6.69. The summed E-state index contributed by atoms with van der Waals surface area (Å²) in [5.41, 5.74) is 0.533. The molecule has 0 saturated carbocycles. The average molecular weight is 332 g/mol. The molecule has 23 heavy (non-hydrogen) atoms. The van der Waals surface area contributed by atoms with Gasteiger partial charge in [-0.05, 0) is 18.2 Å². The van der Waals surface area contributed by atoms with Crippen LogP contribution in [-0.2, 0) is 11.3 Å². The second-order valence-electron chi connectivity index (χ2n) is 4.65. The first-order chi connectivity index (χ1) is 11.0. The summed E-state index contributed by atoms with van der Waals surface area (Å²) in [5, 5.41) is 9.04. The minimum atomic E-state index is -2.44. The molecule has 0 spiro atoms. The molecule has 0 heterocycles. The summed E-state index contributed by atoms with van der Waals surface area (Å²) in [6.07, 6.45) is -0.0153. The zero-order valence-electron chi connectivity index (χ0n) is 12.0. The van der Waals surface area contributed by atoms with Crippen molar-refractivity contribution in [3.05, 3.63) is 65.5 Å². The molecule has 0 bridgehead atoms. The van der Waals surface area contributed by atoms with Crippen LogP contribution in [0.25, 0.3) is 0 Å². The molecule has 2 rings (SSSR count). The molecule has 0 aliphatic carbocycles. The van der Waals surface area contributed by atoms with Crippen molar-refractivity contribution in [3.8, 4) is 6.07 Å². The van der Waals surface area contributed by atoms with Crippen molar-refractivity contribution in [3.63, 3.8) is 0 Å². The highest BCUT2D eigenvalue weighted by atomic mass is 32.2. The lowest BCUT2D eigenvalue weighted by Crippen LogP contribution is -2.28. The van der Waals surface area contributed by atoms with E-state index in [1.54, 1.807) is 36.4 Å². The van der Waals surface area contributed by atoms with Gasteiger partial charge in [-0.15, -0.1) is 0 Å². The molecule has 0 aliphatic heterocycles. The Balaban J connectivity index is 2.19. The topological polar surface area (TPSA) is 81.4 Å². The molecule has 7 heteroatoms. The second kappa shape index (κ2) is 7.63. The molecular formula is C16H13FN2O3S. The lowest BCUT2D eigenvalue weighted by atomic mass is 10.1. The number of carbonyl (C=O) groups excluding carboxylic acids is 1. The molecule has 0 radical (unpaired) electrons. The van der Waals surface area contributed by atoms with Crippen LogP contribution in [0.2, 0.25) is 0 Å². The largest absolute Gasteiger partial charge is 0.294 e. The van der Waals surface area contributed by atoms with Crippen molar-refractivity contribution >= 4 is 22.7 Å². The SMILES string of the molecule is N#Cc1cc(F)ccc1N(CCC(=O)c1ccccc1)S(=O)O. The Bertz CT molecular complexity index is 775. The number of halogens is 1. The zero-order valence-corrected chi connectivity index (χ0v) is 12.8. The van der Waals surface area contributed by atoms with Gasteiger partial charge in [-0.3, -0.25) is 13.7 Å². The van der Waals surface area contributed by atoms with Gasteiger partial charge in [-0.25, -0.2) is 8.60 Å². The number of nitrogens with zero attached hydrogens (tertiary/aromatic N) is 2. The van der Waals surface area contributed by atoms with Crippen LogP contribution in [0, 0.1) is 17.1 Å². The number of ketones is 1. The van der Waals surface area contributed by atoms with E-state index in [1.165, 1.54) is 6.07 Å². The molecule has 0 saturated heterocycles. The summed E-state index contributed by atoms with van der Waals surface area (Å²) in [7, 11) is 0. The van der Waals surface area contributed by atoms with E-state index in [2.05, 4.69) is 0 Å². The fourth-order valence-electron chi connectivity index (χ4n) is 2.07. The zero-order chi connectivity index (χ0) is 16.8. The number of carbonyl (C=O) groups is 1. The fraction of sp³-hybridized carbons (Fsp3) is 0.125. The molecule has 1 unspecified atom stereocenters. The third-order valence-electron chi connectivity index (χ3n) is 3.17. The summed E-state index contributed by atoms with van der Waals surface area (Å²) in [6, 6.07) is 13.6. The third kappa shape index (κ3) is 4.22. The van der Waals surface area contributed by atoms with E-state index < -0.39 is 17.1 Å². The second-order valence-corrected chi connectivity index (χ2v) is 5.55. The monoisotopic (exact) mass is 332 g/mol. The first-order valence-corrected chi connectivity index (χ1v) is 7.75. The van der Waals surface area contributed by atoms with E-state index in [4.69, 9.17) is 5.26 Å². The van der Waals surface area contributed by atoms with Gasteiger partial charge in [0.2, 0.25) is 0 Å². The van der Waals surface area contributed by atoms with Gasteiger partial charge in [-0.1, -0.05) is 30.3 Å². The molecule has 2 aromatic rings. The molecule has 0 aromatic heterocycles. The van der Waals surface area contributed by atoms with Crippen LogP contribution >= 0.6 is 0 Å². The Morgan fingerprint density at radius 3 is 2.57 bits per heavy atom. The average Bonchev–Trinajstić information content (AvgIpc) is 2.56. The van der Waals surface area contributed by atoms with Crippen LogP contribution in [0.15, 0.2) is 48.5 Å². The Labute approximate surface area is 135 Å². The number of benzene rings is 2. The summed E-state index contributed by atoms with van der Waals surface area (Å²) in [6.45, 7) is -0.0723. The van der Waals surface area contributed by atoms with Gasteiger partial charge in [0, 0.05) is 18.5 Å². The van der Waals surface area contributed by atoms with Crippen LogP contribution < -0.4 is 4.31 Å². The summed E-state index contributed by atoms with van der Waals surface area (Å²) in [4.78, 5) is 12.1. The van der Waals surface area contributed by atoms with Crippen molar-refractivity contribution in [2.75, 3.05) is 10.8 Å². The van der Waals surface area contributed by atoms with E-state index in [-0.39, 0.29) is 30.0 Å². The van der Waals surface area contributed by atoms with Crippen molar-refractivity contribution in [2.45, 2.75) is 6.42 Å². The predicted octanol–water partition coefficient (Wildman–Crippen LogP) is 2.91. The molecule has 0 fully saturated rings. The van der Waals surface area contributed by atoms with E-state index in [1.807, 2.05) is 0 Å². The molecule has 118 valence electrons. The van der Waals surface area contributed by atoms with Crippen LogP contribution in [0.3, 0.4) is 0 Å². The minimum absolute atomic E-state index is 0.0153. The fourth-order valence-corrected chi connectivity index (χ4v) is 2.64. The van der Waals surface area contributed by atoms with Gasteiger partial charge in [0.1, 0.15) is 11.9 Å². The molecule has 0 aliphatic rings. The molecule has 1 atom stereocenters. The molecule has 5 nitrogen and oxygen atoms in total. The maximum absolute atomic E-state index is 13.2. The number of anilines is 1. The van der Waals surface area contributed by atoms with Crippen molar-refractivity contribution in [2.24, 2.45) is 0 Å². The number of hydrogen-bond acceptors (Lipinski definition) is 3.